The van der Waals surface area contributed by atoms with E-state index < -0.39 is 0 Å². The molecule has 1 N–H and O–H groups in total. The Labute approximate surface area is 159 Å². The van der Waals surface area contributed by atoms with Crippen molar-refractivity contribution in [1.82, 2.24) is 10.2 Å². The number of nitrogens with one attached hydrogen (secondary N) is 1. The van der Waals surface area contributed by atoms with Gasteiger partial charge in [0.15, 0.2) is 0 Å². The minimum atomic E-state index is -0.280. The zero-order chi connectivity index (χ0) is 18.6. The van der Waals surface area contributed by atoms with E-state index in [2.05, 4.69) is 17.4 Å². The molecule has 2 aliphatic rings. The molecule has 0 spiro atoms. The summed E-state index contributed by atoms with van der Waals surface area (Å²) in [5.41, 5.74) is 3.23. The molecule has 1 saturated heterocycles. The van der Waals surface area contributed by atoms with Crippen molar-refractivity contribution in [3.8, 4) is 0 Å². The number of ether oxygens (including phenoxy) is 1. The zero-order valence-corrected chi connectivity index (χ0v) is 15.4. The van der Waals surface area contributed by atoms with Crippen LogP contribution in [0.1, 0.15) is 35.6 Å². The van der Waals surface area contributed by atoms with Gasteiger partial charge in [-0.05, 0) is 67.1 Å². The molecule has 2 aliphatic heterocycles. The first-order valence-electron chi connectivity index (χ1n) is 9.70. The summed E-state index contributed by atoms with van der Waals surface area (Å²) in [4.78, 5) is 14.7. The molecule has 142 valence electrons. The lowest BCUT2D eigenvalue weighted by Crippen LogP contribution is -2.41. The third-order valence-corrected chi connectivity index (χ3v) is 5.60. The molecule has 1 amide bonds. The van der Waals surface area contributed by atoms with Gasteiger partial charge in [-0.2, -0.15) is 0 Å². The molecule has 2 heterocycles. The van der Waals surface area contributed by atoms with Crippen molar-refractivity contribution in [2.75, 3.05) is 26.2 Å². The number of carbonyl (C=O) groups is 1. The van der Waals surface area contributed by atoms with Crippen molar-refractivity contribution in [2.45, 2.75) is 25.3 Å². The summed E-state index contributed by atoms with van der Waals surface area (Å²) in [7, 11) is 0. The van der Waals surface area contributed by atoms with Gasteiger partial charge in [0.1, 0.15) is 5.82 Å². The minimum absolute atomic E-state index is 0.240. The van der Waals surface area contributed by atoms with E-state index in [-0.39, 0.29) is 18.0 Å². The van der Waals surface area contributed by atoms with E-state index in [9.17, 15) is 9.18 Å². The summed E-state index contributed by atoms with van der Waals surface area (Å²) >= 11 is 0. The van der Waals surface area contributed by atoms with E-state index >= 15 is 0 Å². The Morgan fingerprint density at radius 2 is 1.85 bits per heavy atom. The van der Waals surface area contributed by atoms with Gasteiger partial charge in [0.05, 0.1) is 12.6 Å². The van der Waals surface area contributed by atoms with Crippen molar-refractivity contribution in [3.63, 3.8) is 0 Å². The lowest BCUT2D eigenvalue weighted by molar-refractivity contribution is 0.0711. The minimum Gasteiger partial charge on any atom is -0.449 e. The van der Waals surface area contributed by atoms with Crippen LogP contribution in [0.4, 0.5) is 9.18 Å². The van der Waals surface area contributed by atoms with Crippen molar-refractivity contribution in [3.05, 3.63) is 71.0 Å². The Kier molecular flexibility index (Phi) is 5.39. The first-order chi connectivity index (χ1) is 13.2. The van der Waals surface area contributed by atoms with Gasteiger partial charge in [-0.3, -0.25) is 4.90 Å². The summed E-state index contributed by atoms with van der Waals surface area (Å²) in [5, 5.41) is 3.33. The molecule has 1 fully saturated rings. The average molecular weight is 368 g/mol. The van der Waals surface area contributed by atoms with E-state index in [4.69, 9.17) is 4.74 Å². The molecule has 2 aromatic rings. The van der Waals surface area contributed by atoms with Gasteiger partial charge in [0.2, 0.25) is 0 Å². The van der Waals surface area contributed by atoms with E-state index in [1.54, 1.807) is 17.0 Å². The molecular formula is C22H25FN2O2. The molecule has 1 atom stereocenters. The van der Waals surface area contributed by atoms with Crippen LogP contribution in [-0.2, 0) is 11.2 Å². The number of benzene rings is 2. The number of hydrogen-bond donors (Lipinski definition) is 1. The quantitative estimate of drug-likeness (QED) is 0.893. The first-order valence-corrected chi connectivity index (χ1v) is 9.70. The van der Waals surface area contributed by atoms with Crippen LogP contribution in [0.3, 0.4) is 0 Å². The van der Waals surface area contributed by atoms with Gasteiger partial charge in [0.25, 0.3) is 0 Å². The molecule has 5 heteroatoms. The predicted octanol–water partition coefficient (Wildman–Crippen LogP) is 3.91. The van der Waals surface area contributed by atoms with E-state index in [1.165, 1.54) is 17.7 Å². The molecule has 0 saturated carbocycles. The highest BCUT2D eigenvalue weighted by molar-refractivity contribution is 5.70. The first kappa shape index (κ1) is 18.0. The van der Waals surface area contributed by atoms with Gasteiger partial charge >= 0.3 is 6.09 Å². The Bertz CT molecular complexity index is 787. The Morgan fingerprint density at radius 3 is 2.63 bits per heavy atom. The second kappa shape index (κ2) is 8.09. The van der Waals surface area contributed by atoms with Gasteiger partial charge in [0, 0.05) is 6.54 Å². The molecule has 0 aliphatic carbocycles. The number of fused-ring (bicyclic) bond motifs is 1. The normalized spacial score (nSPS) is 20.2. The van der Waals surface area contributed by atoms with E-state index in [0.717, 1.165) is 43.5 Å². The number of piperidine rings is 1. The zero-order valence-electron chi connectivity index (χ0n) is 15.4. The smallest absolute Gasteiger partial charge is 0.410 e. The van der Waals surface area contributed by atoms with Crippen LogP contribution in [-0.4, -0.2) is 37.2 Å². The molecule has 27 heavy (non-hydrogen) atoms. The van der Waals surface area contributed by atoms with Crippen LogP contribution in [0.5, 0.6) is 0 Å². The van der Waals surface area contributed by atoms with Crippen molar-refractivity contribution in [2.24, 2.45) is 5.92 Å². The fourth-order valence-electron chi connectivity index (χ4n) is 4.09. The molecule has 0 radical (unpaired) electrons. The fourth-order valence-corrected chi connectivity index (χ4v) is 4.09. The van der Waals surface area contributed by atoms with E-state index in [0.29, 0.717) is 19.1 Å². The van der Waals surface area contributed by atoms with Crippen LogP contribution in [0.2, 0.25) is 0 Å². The lowest BCUT2D eigenvalue weighted by Gasteiger charge is -2.37. The molecule has 2 aromatic carbocycles. The molecule has 4 nitrogen and oxygen atoms in total. The Hall–Kier alpha value is -2.40. The van der Waals surface area contributed by atoms with Gasteiger partial charge in [-0.25, -0.2) is 9.18 Å². The van der Waals surface area contributed by atoms with Gasteiger partial charge in [-0.1, -0.05) is 36.4 Å². The average Bonchev–Trinajstić information content (AvgIpc) is 2.72. The largest absolute Gasteiger partial charge is 0.449 e. The van der Waals surface area contributed by atoms with Crippen molar-refractivity contribution < 1.29 is 13.9 Å². The molecular weight excluding hydrogens is 343 g/mol. The highest BCUT2D eigenvalue weighted by Gasteiger charge is 2.33. The maximum absolute atomic E-state index is 13.4. The number of nitrogens with zero attached hydrogens (tertiary/aromatic N) is 1. The second-order valence-electron chi connectivity index (χ2n) is 7.37. The predicted molar refractivity (Wildman–Crippen MR) is 102 cm³/mol. The van der Waals surface area contributed by atoms with Crippen LogP contribution >= 0.6 is 0 Å². The number of amides is 1. The van der Waals surface area contributed by atoms with Gasteiger partial charge < -0.3 is 10.1 Å². The fraction of sp³-hybridized carbons (Fsp3) is 0.409. The second-order valence-corrected chi connectivity index (χ2v) is 7.37. The summed E-state index contributed by atoms with van der Waals surface area (Å²) in [6, 6.07) is 14.3. The van der Waals surface area contributed by atoms with E-state index in [1.807, 2.05) is 12.1 Å². The molecule has 0 unspecified atom stereocenters. The maximum atomic E-state index is 13.4. The highest BCUT2D eigenvalue weighted by atomic mass is 19.1. The van der Waals surface area contributed by atoms with Crippen LogP contribution < -0.4 is 5.32 Å². The van der Waals surface area contributed by atoms with Gasteiger partial charge in [-0.15, -0.1) is 0 Å². The lowest BCUT2D eigenvalue weighted by atomic mass is 9.88. The van der Waals surface area contributed by atoms with Crippen LogP contribution in [0, 0.1) is 11.7 Å². The summed E-state index contributed by atoms with van der Waals surface area (Å²) in [6.07, 6.45) is 2.60. The SMILES string of the molecule is O=C(OCC1CCNCC1)N1CCc2ccccc2[C@@H]1c1ccc(F)cc1. The standard InChI is InChI=1S/C22H25FN2O2/c23-19-7-5-18(6-8-19)21-20-4-2-1-3-17(20)11-14-25(21)22(26)27-15-16-9-12-24-13-10-16/h1-8,16,21,24H,9-15H2/t21-/m0/s1. The molecule has 4 rings (SSSR count). The summed E-state index contributed by atoms with van der Waals surface area (Å²) in [6.45, 7) is 3.04. The number of carbonyl (C=O) groups excluding carboxylic acids is 1. The molecule has 0 bridgehead atoms. The Morgan fingerprint density at radius 1 is 1.11 bits per heavy atom. The van der Waals surface area contributed by atoms with Crippen molar-refractivity contribution >= 4 is 6.09 Å². The number of halogens is 1. The number of hydrogen-bond acceptors (Lipinski definition) is 3. The third-order valence-electron chi connectivity index (χ3n) is 5.60. The van der Waals surface area contributed by atoms with Crippen LogP contribution in [0.15, 0.2) is 48.5 Å². The monoisotopic (exact) mass is 368 g/mol. The third kappa shape index (κ3) is 3.98. The molecule has 0 aromatic heterocycles. The maximum Gasteiger partial charge on any atom is 0.410 e. The summed E-state index contributed by atoms with van der Waals surface area (Å²) < 4.78 is 19.1. The Balaban J connectivity index is 1.56. The highest BCUT2D eigenvalue weighted by Crippen LogP contribution is 2.35. The topological polar surface area (TPSA) is 41.6 Å². The van der Waals surface area contributed by atoms with Crippen LogP contribution in [0.25, 0.3) is 0 Å². The number of rotatable bonds is 3. The van der Waals surface area contributed by atoms with Crippen molar-refractivity contribution in [1.29, 1.82) is 0 Å². The summed E-state index contributed by atoms with van der Waals surface area (Å²) in [5.74, 6) is 0.152.